The van der Waals surface area contributed by atoms with Crippen molar-refractivity contribution in [2.75, 3.05) is 6.61 Å². The zero-order valence-corrected chi connectivity index (χ0v) is 17.1. The van der Waals surface area contributed by atoms with Crippen LogP contribution in [0.5, 0.6) is 5.75 Å². The van der Waals surface area contributed by atoms with Crippen LogP contribution in [0.1, 0.15) is 38.2 Å². The minimum atomic E-state index is 0.750. The largest absolute Gasteiger partial charge is 0.494 e. The Labute approximate surface area is 172 Å². The normalized spacial score (nSPS) is 11.1. The lowest BCUT2D eigenvalue weighted by Gasteiger charge is -2.11. The van der Waals surface area contributed by atoms with Crippen molar-refractivity contribution in [1.29, 1.82) is 0 Å². The fourth-order valence-electron chi connectivity index (χ4n) is 3.51. The Bertz CT molecular complexity index is 1070. The number of nitrogens with zero attached hydrogens (tertiary/aromatic N) is 3. The highest BCUT2D eigenvalue weighted by Crippen LogP contribution is 2.30. The Balaban J connectivity index is 1.75. The predicted octanol–water partition coefficient (Wildman–Crippen LogP) is 6.36. The Morgan fingerprint density at radius 3 is 2.59 bits per heavy atom. The Morgan fingerprint density at radius 2 is 1.83 bits per heavy atom. The molecule has 0 N–H and O–H groups in total. The highest BCUT2D eigenvalue weighted by atomic mass is 16.5. The van der Waals surface area contributed by atoms with Gasteiger partial charge in [-0.25, -0.2) is 4.98 Å². The van der Waals surface area contributed by atoms with Crippen molar-refractivity contribution in [3.8, 4) is 22.8 Å². The van der Waals surface area contributed by atoms with Crippen LogP contribution in [-0.4, -0.2) is 21.1 Å². The van der Waals surface area contributed by atoms with Gasteiger partial charge in [-0.3, -0.25) is 9.55 Å². The first-order chi connectivity index (χ1) is 14.3. The molecule has 0 radical (unpaired) electrons. The lowest BCUT2D eigenvalue weighted by atomic mass is 10.2. The van der Waals surface area contributed by atoms with E-state index in [9.17, 15) is 0 Å². The molecule has 0 atom stereocenters. The van der Waals surface area contributed by atoms with Gasteiger partial charge in [0, 0.05) is 29.7 Å². The molecule has 4 heteroatoms. The van der Waals surface area contributed by atoms with E-state index in [2.05, 4.69) is 53.7 Å². The minimum absolute atomic E-state index is 0.750. The molecule has 29 heavy (non-hydrogen) atoms. The van der Waals surface area contributed by atoms with Gasteiger partial charge in [-0.05, 0) is 49.7 Å². The zero-order valence-electron chi connectivity index (χ0n) is 17.1. The fourth-order valence-corrected chi connectivity index (χ4v) is 3.51. The average molecular weight is 386 g/mol. The summed E-state index contributed by atoms with van der Waals surface area (Å²) in [4.78, 5) is 9.20. The van der Waals surface area contributed by atoms with E-state index < -0.39 is 0 Å². The van der Waals surface area contributed by atoms with E-state index in [0.717, 1.165) is 46.9 Å². The second-order valence-corrected chi connectivity index (χ2v) is 7.41. The highest BCUT2D eigenvalue weighted by Gasteiger charge is 2.15. The minimum Gasteiger partial charge on any atom is -0.494 e. The highest BCUT2D eigenvalue weighted by molar-refractivity contribution is 5.84. The molecule has 4 nitrogen and oxygen atoms in total. The van der Waals surface area contributed by atoms with Gasteiger partial charge in [-0.15, -0.1) is 0 Å². The van der Waals surface area contributed by atoms with E-state index in [1.807, 2.05) is 30.5 Å². The first-order valence-corrected chi connectivity index (χ1v) is 10.4. The molecule has 2 aromatic carbocycles. The molecule has 0 saturated heterocycles. The van der Waals surface area contributed by atoms with Gasteiger partial charge in [0.15, 0.2) is 0 Å². The molecule has 148 valence electrons. The number of hydrogen-bond donors (Lipinski definition) is 0. The maximum Gasteiger partial charge on any atom is 0.147 e. The topological polar surface area (TPSA) is 39.9 Å². The molecule has 0 amide bonds. The summed E-state index contributed by atoms with van der Waals surface area (Å²) >= 11 is 0. The Hall–Kier alpha value is -3.14. The first-order valence-electron chi connectivity index (χ1n) is 10.4. The van der Waals surface area contributed by atoms with E-state index >= 15 is 0 Å². The third-order valence-corrected chi connectivity index (χ3v) is 5.10. The lowest BCUT2D eigenvalue weighted by molar-refractivity contribution is 0.305. The fraction of sp³-hybridized carbons (Fsp3) is 0.280. The van der Waals surface area contributed by atoms with E-state index in [1.165, 1.54) is 24.8 Å². The number of pyridine rings is 1. The van der Waals surface area contributed by atoms with Gasteiger partial charge < -0.3 is 4.74 Å². The maximum absolute atomic E-state index is 6.03. The molecule has 0 fully saturated rings. The Morgan fingerprint density at radius 1 is 0.966 bits per heavy atom. The molecule has 4 aromatic rings. The average Bonchev–Trinajstić information content (AvgIpc) is 3.14. The summed E-state index contributed by atoms with van der Waals surface area (Å²) in [6.45, 7) is 5.07. The van der Waals surface area contributed by atoms with Crippen LogP contribution in [0.2, 0.25) is 0 Å². The van der Waals surface area contributed by atoms with Crippen molar-refractivity contribution >= 4 is 11.0 Å². The van der Waals surface area contributed by atoms with Crippen LogP contribution >= 0.6 is 0 Å². The summed E-state index contributed by atoms with van der Waals surface area (Å²) in [7, 11) is 0. The van der Waals surface area contributed by atoms with Gasteiger partial charge in [-0.1, -0.05) is 43.9 Å². The van der Waals surface area contributed by atoms with Crippen LogP contribution in [0.25, 0.3) is 28.1 Å². The summed E-state index contributed by atoms with van der Waals surface area (Å²) in [5.74, 6) is 1.78. The smallest absolute Gasteiger partial charge is 0.147 e. The molecule has 0 bridgehead atoms. The van der Waals surface area contributed by atoms with Crippen LogP contribution < -0.4 is 4.74 Å². The van der Waals surface area contributed by atoms with Crippen molar-refractivity contribution in [1.82, 2.24) is 14.5 Å². The Kier molecular flexibility index (Phi) is 5.89. The molecular weight excluding hydrogens is 358 g/mol. The number of aromatic nitrogens is 3. The molecule has 4 rings (SSSR count). The van der Waals surface area contributed by atoms with Gasteiger partial charge in [0.1, 0.15) is 11.6 Å². The number of rotatable bonds is 8. The zero-order chi connectivity index (χ0) is 20.1. The second kappa shape index (κ2) is 8.91. The molecule has 0 saturated carbocycles. The van der Waals surface area contributed by atoms with Crippen molar-refractivity contribution in [2.24, 2.45) is 0 Å². The van der Waals surface area contributed by atoms with Crippen LogP contribution in [0.15, 0.2) is 67.0 Å². The molecule has 0 spiro atoms. The summed E-state index contributed by atoms with van der Waals surface area (Å²) in [6, 6.07) is 18.7. The molecular formula is C25H27N3O. The van der Waals surface area contributed by atoms with Crippen LogP contribution in [-0.2, 0) is 0 Å². The number of imidazole rings is 1. The van der Waals surface area contributed by atoms with Crippen molar-refractivity contribution in [3.63, 3.8) is 0 Å². The van der Waals surface area contributed by atoms with Crippen LogP contribution in [0.4, 0.5) is 0 Å². The molecule has 0 aliphatic carbocycles. The van der Waals surface area contributed by atoms with Gasteiger partial charge in [0.25, 0.3) is 0 Å². The van der Waals surface area contributed by atoms with E-state index in [4.69, 9.17) is 9.72 Å². The number of benzene rings is 2. The summed E-state index contributed by atoms with van der Waals surface area (Å²) in [5, 5.41) is 0. The molecule has 2 aromatic heterocycles. The number of ether oxygens (including phenoxy) is 1. The van der Waals surface area contributed by atoms with E-state index in [1.54, 1.807) is 6.20 Å². The summed E-state index contributed by atoms with van der Waals surface area (Å²) in [5.41, 5.74) is 5.29. The van der Waals surface area contributed by atoms with Gasteiger partial charge in [-0.2, -0.15) is 0 Å². The number of hydrogen-bond acceptors (Lipinski definition) is 3. The van der Waals surface area contributed by atoms with Crippen molar-refractivity contribution in [3.05, 3.63) is 72.6 Å². The molecule has 2 heterocycles. The predicted molar refractivity (Wildman–Crippen MR) is 119 cm³/mol. The summed E-state index contributed by atoms with van der Waals surface area (Å²) in [6.07, 6.45) is 8.44. The van der Waals surface area contributed by atoms with E-state index in [0.29, 0.717) is 0 Å². The SMILES string of the molecule is CCCCCCOc1ccc2nc(-c3cccnc3)n(-c3ccc(C)cc3)c2c1. The lowest BCUT2D eigenvalue weighted by Crippen LogP contribution is -1.99. The van der Waals surface area contributed by atoms with Crippen LogP contribution in [0.3, 0.4) is 0 Å². The molecule has 0 aliphatic heterocycles. The van der Waals surface area contributed by atoms with Crippen molar-refractivity contribution in [2.45, 2.75) is 39.5 Å². The quantitative estimate of drug-likeness (QED) is 0.332. The van der Waals surface area contributed by atoms with Crippen LogP contribution in [0, 0.1) is 6.92 Å². The third-order valence-electron chi connectivity index (χ3n) is 5.10. The van der Waals surface area contributed by atoms with Gasteiger partial charge >= 0.3 is 0 Å². The number of aryl methyl sites for hydroxylation is 1. The van der Waals surface area contributed by atoms with Crippen molar-refractivity contribution < 1.29 is 4.74 Å². The monoisotopic (exact) mass is 385 g/mol. The molecule has 0 aliphatic rings. The van der Waals surface area contributed by atoms with Gasteiger partial charge in [0.2, 0.25) is 0 Å². The third kappa shape index (κ3) is 4.32. The number of unbranched alkanes of at least 4 members (excludes halogenated alkanes) is 3. The standard InChI is InChI=1S/C25H27N3O/c1-3-4-5-6-16-29-22-13-14-23-24(17-22)28(21-11-9-19(2)10-12-21)25(27-23)20-8-7-15-26-18-20/h7-15,17-18H,3-6,16H2,1-2H3. The first kappa shape index (κ1) is 19.2. The van der Waals surface area contributed by atoms with Gasteiger partial charge in [0.05, 0.1) is 17.6 Å². The molecule has 0 unspecified atom stereocenters. The van der Waals surface area contributed by atoms with E-state index in [-0.39, 0.29) is 0 Å². The second-order valence-electron chi connectivity index (χ2n) is 7.41. The summed E-state index contributed by atoms with van der Waals surface area (Å²) < 4.78 is 8.22. The number of fused-ring (bicyclic) bond motifs is 1. The maximum atomic E-state index is 6.03.